The Morgan fingerprint density at radius 3 is 2.51 bits per heavy atom. The summed E-state index contributed by atoms with van der Waals surface area (Å²) in [5.41, 5.74) is -0.820. The van der Waals surface area contributed by atoms with Crippen LogP contribution in [0.5, 0.6) is 11.6 Å². The fourth-order valence-electron chi connectivity index (χ4n) is 7.70. The maximum absolute atomic E-state index is 14.7. The van der Waals surface area contributed by atoms with E-state index in [9.17, 15) is 27.6 Å². The summed E-state index contributed by atoms with van der Waals surface area (Å²) in [6.07, 6.45) is 8.14. The van der Waals surface area contributed by atoms with E-state index in [-0.39, 0.29) is 61.1 Å². The first-order valence-electron chi connectivity index (χ1n) is 18.7. The van der Waals surface area contributed by atoms with Gasteiger partial charge in [0.2, 0.25) is 27.7 Å². The number of rotatable bonds is 8. The first-order chi connectivity index (χ1) is 25.0. The van der Waals surface area contributed by atoms with E-state index < -0.39 is 56.2 Å². The van der Waals surface area contributed by atoms with Crippen molar-refractivity contribution >= 4 is 44.6 Å². The van der Waals surface area contributed by atoms with Crippen molar-refractivity contribution in [3.8, 4) is 11.6 Å². The van der Waals surface area contributed by atoms with Crippen LogP contribution in [0.25, 0.3) is 11.0 Å². The van der Waals surface area contributed by atoms with Crippen molar-refractivity contribution in [3.63, 3.8) is 0 Å². The Morgan fingerprint density at radius 2 is 1.81 bits per heavy atom. The molecule has 1 saturated heterocycles. The number of sulfonamides is 1. The summed E-state index contributed by atoms with van der Waals surface area (Å²) in [5.74, 6) is -2.22. The molecule has 13 nitrogen and oxygen atoms in total. The SMILES string of the molecule is COc1ccc2ncc(O[C@@H]3C[C@H]4C(=O)C[C@]5(C(=O)NS(=O)(=O)C6CC6)C[C@H]5/C=C\[C@H](C)CCC[C@@H](C)[C@H](CC(=O)OC(C)(C)C)C(=O)N4C3)nc2c1. The molecule has 4 aliphatic rings. The topological polar surface area (TPSA) is 171 Å². The highest BCUT2D eigenvalue weighted by Crippen LogP contribution is 2.57. The summed E-state index contributed by atoms with van der Waals surface area (Å²) in [6, 6.07) is 4.32. The van der Waals surface area contributed by atoms with Gasteiger partial charge in [-0.1, -0.05) is 32.4 Å². The lowest BCUT2D eigenvalue weighted by atomic mass is 9.84. The number of esters is 1. The number of aromatic nitrogens is 2. The summed E-state index contributed by atoms with van der Waals surface area (Å²) in [6.45, 7) is 9.40. The minimum atomic E-state index is -3.85. The average molecular weight is 753 g/mol. The van der Waals surface area contributed by atoms with Crippen LogP contribution in [0.3, 0.4) is 0 Å². The molecule has 1 N–H and O–H groups in total. The Bertz CT molecular complexity index is 1890. The zero-order chi connectivity index (χ0) is 38.3. The molecule has 14 heteroatoms. The Kier molecular flexibility index (Phi) is 10.9. The van der Waals surface area contributed by atoms with Crippen molar-refractivity contribution in [2.24, 2.45) is 29.1 Å². The minimum Gasteiger partial charge on any atom is -0.497 e. The molecule has 0 bridgehead atoms. The summed E-state index contributed by atoms with van der Waals surface area (Å²) < 4.78 is 45.4. The summed E-state index contributed by atoms with van der Waals surface area (Å²) >= 11 is 0. The number of ketones is 1. The molecule has 2 aliphatic carbocycles. The molecule has 53 heavy (non-hydrogen) atoms. The largest absolute Gasteiger partial charge is 0.497 e. The van der Waals surface area contributed by atoms with Crippen molar-refractivity contribution in [2.75, 3.05) is 13.7 Å². The molecule has 288 valence electrons. The molecule has 7 atom stereocenters. The molecule has 0 radical (unpaired) electrons. The van der Waals surface area contributed by atoms with Crippen LogP contribution in [-0.4, -0.2) is 83.5 Å². The molecule has 0 spiro atoms. The number of ether oxygens (including phenoxy) is 3. The van der Waals surface area contributed by atoms with Gasteiger partial charge in [0.25, 0.3) is 0 Å². The summed E-state index contributed by atoms with van der Waals surface area (Å²) in [5, 5.41) is -0.599. The van der Waals surface area contributed by atoms with Gasteiger partial charge in [0.15, 0.2) is 5.78 Å². The van der Waals surface area contributed by atoms with Crippen LogP contribution in [0.15, 0.2) is 36.5 Å². The summed E-state index contributed by atoms with van der Waals surface area (Å²) in [4.78, 5) is 66.8. The van der Waals surface area contributed by atoms with E-state index in [0.717, 1.165) is 12.8 Å². The Labute approximate surface area is 311 Å². The number of carbonyl (C=O) groups excluding carboxylic acids is 4. The van der Waals surface area contributed by atoms with Gasteiger partial charge in [-0.15, -0.1) is 0 Å². The van der Waals surface area contributed by atoms with Gasteiger partial charge in [0.1, 0.15) is 17.5 Å². The number of hydrogen-bond acceptors (Lipinski definition) is 11. The second-order valence-corrected chi connectivity index (χ2v) is 18.5. The van der Waals surface area contributed by atoms with Gasteiger partial charge in [-0.3, -0.25) is 23.9 Å². The smallest absolute Gasteiger partial charge is 0.307 e. The van der Waals surface area contributed by atoms with Gasteiger partial charge in [0, 0.05) is 18.9 Å². The van der Waals surface area contributed by atoms with E-state index in [1.54, 1.807) is 46.1 Å². The van der Waals surface area contributed by atoms with Crippen molar-refractivity contribution in [3.05, 3.63) is 36.5 Å². The number of methoxy groups -OCH3 is 1. The number of carbonyl (C=O) groups is 4. The van der Waals surface area contributed by atoms with Crippen molar-refractivity contribution in [2.45, 2.75) is 115 Å². The minimum absolute atomic E-state index is 0.0419. The fourth-order valence-corrected chi connectivity index (χ4v) is 9.09. The van der Waals surface area contributed by atoms with Gasteiger partial charge >= 0.3 is 5.97 Å². The van der Waals surface area contributed by atoms with E-state index >= 15 is 0 Å². The number of hydrogen-bond donors (Lipinski definition) is 1. The second kappa shape index (κ2) is 15.0. The number of fused-ring (bicyclic) bond motifs is 3. The zero-order valence-electron chi connectivity index (χ0n) is 31.5. The number of nitrogens with zero attached hydrogens (tertiary/aromatic N) is 3. The first kappa shape index (κ1) is 38.6. The summed E-state index contributed by atoms with van der Waals surface area (Å²) in [7, 11) is -2.30. The van der Waals surface area contributed by atoms with Gasteiger partial charge in [-0.05, 0) is 82.8 Å². The number of amides is 2. The van der Waals surface area contributed by atoms with Gasteiger partial charge < -0.3 is 19.1 Å². The average Bonchev–Trinajstić information content (AvgIpc) is 4.01. The molecular weight excluding hydrogens is 701 g/mol. The van der Waals surface area contributed by atoms with Crippen LogP contribution in [0.2, 0.25) is 0 Å². The molecule has 3 fully saturated rings. The molecule has 2 saturated carbocycles. The van der Waals surface area contributed by atoms with Gasteiger partial charge in [-0.2, -0.15) is 0 Å². The predicted octanol–water partition coefficient (Wildman–Crippen LogP) is 4.92. The highest BCUT2D eigenvalue weighted by Gasteiger charge is 2.61. The highest BCUT2D eigenvalue weighted by molar-refractivity contribution is 7.90. The Balaban J connectivity index is 1.32. The van der Waals surface area contributed by atoms with Gasteiger partial charge in [-0.25, -0.2) is 18.4 Å². The van der Waals surface area contributed by atoms with Crippen LogP contribution >= 0.6 is 0 Å². The number of nitrogens with one attached hydrogen (secondary N) is 1. The van der Waals surface area contributed by atoms with Crippen molar-refractivity contribution in [1.82, 2.24) is 19.6 Å². The lowest BCUT2D eigenvalue weighted by Gasteiger charge is -2.32. The molecule has 0 unspecified atom stereocenters. The lowest BCUT2D eigenvalue weighted by molar-refractivity contribution is -0.159. The maximum atomic E-state index is 14.7. The predicted molar refractivity (Wildman–Crippen MR) is 196 cm³/mol. The molecule has 1 aromatic heterocycles. The first-order valence-corrected chi connectivity index (χ1v) is 20.3. The van der Waals surface area contributed by atoms with Crippen LogP contribution in [0.4, 0.5) is 0 Å². The number of allylic oxidation sites excluding steroid dienone is 2. The lowest BCUT2D eigenvalue weighted by Crippen LogP contribution is -2.47. The Hall–Kier alpha value is -4.07. The van der Waals surface area contributed by atoms with Crippen LogP contribution in [-0.2, 0) is 33.9 Å². The van der Waals surface area contributed by atoms with E-state index in [2.05, 4.69) is 21.6 Å². The Morgan fingerprint density at radius 1 is 1.06 bits per heavy atom. The normalized spacial score (nSPS) is 30.3. The third-order valence-corrected chi connectivity index (χ3v) is 12.8. The third kappa shape index (κ3) is 9.01. The fraction of sp³-hybridized carbons (Fsp3) is 0.641. The molecular formula is C39H52N4O9S. The van der Waals surface area contributed by atoms with Crippen LogP contribution < -0.4 is 14.2 Å². The third-order valence-electron chi connectivity index (χ3n) is 11.0. The quantitative estimate of drug-likeness (QED) is 0.287. The second-order valence-electron chi connectivity index (χ2n) is 16.5. The van der Waals surface area contributed by atoms with Crippen molar-refractivity contribution in [1.29, 1.82) is 0 Å². The van der Waals surface area contributed by atoms with Gasteiger partial charge in [0.05, 0.1) is 59.9 Å². The molecule has 2 amide bonds. The standard InChI is InChI=1S/C39H52N4O9S/c1-23-8-7-9-24(2)29(18-35(45)52-38(3,4)5)36(46)43-22-27(51-34-21-40-30-15-12-26(50-6)16-31(30)41-34)17-32(43)33(44)20-39(19-25(39)11-10-23)37(47)42-53(48,49)28-13-14-28/h10-12,15-16,21,23-25,27-29,32H,7-9,13-14,17-20,22H2,1-6H3,(H,42,47)/b11-10-/t23-,24-,25-,27-,29+,32+,39-/m1/s1. The molecule has 6 rings (SSSR count). The molecule has 2 aliphatic heterocycles. The van der Waals surface area contributed by atoms with Crippen molar-refractivity contribution < 1.29 is 41.8 Å². The van der Waals surface area contributed by atoms with E-state index in [4.69, 9.17) is 14.2 Å². The van der Waals surface area contributed by atoms with E-state index in [1.807, 2.05) is 19.1 Å². The molecule has 2 aromatic rings. The number of benzene rings is 1. The van der Waals surface area contributed by atoms with Crippen LogP contribution in [0.1, 0.15) is 92.4 Å². The molecule has 1 aromatic carbocycles. The monoisotopic (exact) mass is 752 g/mol. The molecule has 3 heterocycles. The zero-order valence-corrected chi connectivity index (χ0v) is 32.3. The number of Topliss-reactive ketones (excluding diaryl/α,β-unsaturated/α-hetero) is 1. The highest BCUT2D eigenvalue weighted by atomic mass is 32.2. The van der Waals surface area contributed by atoms with E-state index in [0.29, 0.717) is 42.5 Å². The van der Waals surface area contributed by atoms with E-state index in [1.165, 1.54) is 11.1 Å². The maximum Gasteiger partial charge on any atom is 0.307 e. The van der Waals surface area contributed by atoms with Crippen LogP contribution in [0, 0.1) is 29.1 Å².